The highest BCUT2D eigenvalue weighted by Crippen LogP contribution is 2.18. The number of nitrogens with one attached hydrogen (secondary N) is 1. The smallest absolute Gasteiger partial charge is 0.0222 e. The minimum Gasteiger partial charge on any atom is -0.312 e. The molecular weight excluding hydrogens is 318 g/mol. The third kappa shape index (κ3) is 5.01. The summed E-state index contributed by atoms with van der Waals surface area (Å²) < 4.78 is 1.19. The second-order valence-corrected chi connectivity index (χ2v) is 6.46. The van der Waals surface area contributed by atoms with Gasteiger partial charge >= 0.3 is 0 Å². The second kappa shape index (κ2) is 7.73. The lowest BCUT2D eigenvalue weighted by Crippen LogP contribution is -2.16. The topological polar surface area (TPSA) is 12.0 Å². The fraction of sp³-hybridized carbons (Fsp3) is 0.250. The Kier molecular flexibility index (Phi) is 5.95. The van der Waals surface area contributed by atoms with Gasteiger partial charge in [-0.25, -0.2) is 0 Å². The van der Waals surface area contributed by atoms with Crippen LogP contribution in [0.3, 0.4) is 0 Å². The van der Waals surface area contributed by atoms with Gasteiger partial charge < -0.3 is 5.32 Å². The van der Waals surface area contributed by atoms with Gasteiger partial charge in [0.25, 0.3) is 0 Å². The number of aryl methyl sites for hydroxylation is 1. The van der Waals surface area contributed by atoms with E-state index in [2.05, 4.69) is 76.7 Å². The zero-order valence-corrected chi connectivity index (χ0v) is 13.4. The van der Waals surface area contributed by atoms with Crippen LogP contribution in [-0.2, 0) is 6.54 Å². The molecule has 1 nitrogen and oxygen atoms in total. The monoisotopic (exact) mass is 335 g/mol. The predicted octanol–water partition coefficient (Wildman–Crippen LogP) is 4.64. The maximum atomic E-state index is 3.61. The molecule has 2 rings (SSSR count). The SMILES string of the molecule is Cc1ccc(CNCCSc2ccccc2)c(Br)c1. The van der Waals surface area contributed by atoms with Gasteiger partial charge in [0.15, 0.2) is 0 Å². The summed E-state index contributed by atoms with van der Waals surface area (Å²) in [5, 5.41) is 3.48. The molecule has 0 heterocycles. The van der Waals surface area contributed by atoms with Crippen LogP contribution in [0.2, 0.25) is 0 Å². The number of thioether (sulfide) groups is 1. The van der Waals surface area contributed by atoms with E-state index in [4.69, 9.17) is 0 Å². The Labute approximate surface area is 127 Å². The normalized spacial score (nSPS) is 10.6. The molecule has 0 unspecified atom stereocenters. The van der Waals surface area contributed by atoms with Crippen LogP contribution in [0.15, 0.2) is 57.9 Å². The second-order valence-electron chi connectivity index (χ2n) is 4.43. The lowest BCUT2D eigenvalue weighted by atomic mass is 10.1. The molecule has 0 saturated carbocycles. The van der Waals surface area contributed by atoms with E-state index in [0.717, 1.165) is 18.8 Å². The highest BCUT2D eigenvalue weighted by Gasteiger charge is 1.99. The van der Waals surface area contributed by atoms with Crippen LogP contribution >= 0.6 is 27.7 Å². The molecule has 0 aliphatic heterocycles. The summed E-state index contributed by atoms with van der Waals surface area (Å²) in [6.45, 7) is 4.04. The van der Waals surface area contributed by atoms with Gasteiger partial charge in [-0.15, -0.1) is 11.8 Å². The van der Waals surface area contributed by atoms with Crippen molar-refractivity contribution < 1.29 is 0 Å². The average molecular weight is 336 g/mol. The van der Waals surface area contributed by atoms with Gasteiger partial charge in [-0.1, -0.05) is 46.3 Å². The van der Waals surface area contributed by atoms with Crippen molar-refractivity contribution in [2.75, 3.05) is 12.3 Å². The zero-order chi connectivity index (χ0) is 13.5. The molecule has 2 aromatic rings. The largest absolute Gasteiger partial charge is 0.312 e. The molecule has 0 spiro atoms. The van der Waals surface area contributed by atoms with E-state index in [1.54, 1.807) is 0 Å². The van der Waals surface area contributed by atoms with Crippen LogP contribution < -0.4 is 5.32 Å². The molecule has 0 aromatic heterocycles. The molecule has 19 heavy (non-hydrogen) atoms. The highest BCUT2D eigenvalue weighted by atomic mass is 79.9. The predicted molar refractivity (Wildman–Crippen MR) is 87.8 cm³/mol. The van der Waals surface area contributed by atoms with Gasteiger partial charge in [-0.2, -0.15) is 0 Å². The zero-order valence-electron chi connectivity index (χ0n) is 11.0. The summed E-state index contributed by atoms with van der Waals surface area (Å²) in [5.74, 6) is 1.09. The van der Waals surface area contributed by atoms with Gasteiger partial charge in [-0.3, -0.25) is 0 Å². The molecular formula is C16H18BrNS. The van der Waals surface area contributed by atoms with Crippen molar-refractivity contribution in [1.29, 1.82) is 0 Å². The lowest BCUT2D eigenvalue weighted by Gasteiger charge is -2.07. The average Bonchev–Trinajstić information content (AvgIpc) is 2.42. The summed E-state index contributed by atoms with van der Waals surface area (Å²) in [5.41, 5.74) is 2.60. The first-order valence-electron chi connectivity index (χ1n) is 6.39. The number of hydrogen-bond donors (Lipinski definition) is 1. The van der Waals surface area contributed by atoms with Crippen LogP contribution in [0.5, 0.6) is 0 Å². The highest BCUT2D eigenvalue weighted by molar-refractivity contribution is 9.10. The summed E-state index contributed by atoms with van der Waals surface area (Å²) in [7, 11) is 0. The Hall–Kier alpha value is -0.770. The van der Waals surface area contributed by atoms with Crippen LogP contribution in [0.4, 0.5) is 0 Å². The van der Waals surface area contributed by atoms with Crippen molar-refractivity contribution in [2.45, 2.75) is 18.4 Å². The summed E-state index contributed by atoms with van der Waals surface area (Å²) in [6, 6.07) is 17.0. The first-order valence-corrected chi connectivity index (χ1v) is 8.17. The first kappa shape index (κ1) is 14.6. The van der Waals surface area contributed by atoms with Gasteiger partial charge in [0.2, 0.25) is 0 Å². The minimum atomic E-state index is 0.913. The molecule has 0 radical (unpaired) electrons. The lowest BCUT2D eigenvalue weighted by molar-refractivity contribution is 0.729. The molecule has 1 N–H and O–H groups in total. The maximum Gasteiger partial charge on any atom is 0.0222 e. The third-order valence-corrected chi connectivity index (χ3v) is 4.57. The third-order valence-electron chi connectivity index (χ3n) is 2.81. The van der Waals surface area contributed by atoms with E-state index >= 15 is 0 Å². The first-order chi connectivity index (χ1) is 9.25. The minimum absolute atomic E-state index is 0.913. The standard InChI is InChI=1S/C16H18BrNS/c1-13-7-8-14(16(17)11-13)12-18-9-10-19-15-5-3-2-4-6-15/h2-8,11,18H,9-10,12H2,1H3. The molecule has 100 valence electrons. The van der Waals surface area contributed by atoms with Crippen molar-refractivity contribution >= 4 is 27.7 Å². The van der Waals surface area contributed by atoms with E-state index in [9.17, 15) is 0 Å². The number of halogens is 1. The Morgan fingerprint density at radius 2 is 1.89 bits per heavy atom. The van der Waals surface area contributed by atoms with Crippen molar-refractivity contribution in [1.82, 2.24) is 5.32 Å². The van der Waals surface area contributed by atoms with Crippen molar-refractivity contribution in [2.24, 2.45) is 0 Å². The fourth-order valence-corrected chi connectivity index (χ4v) is 3.24. The van der Waals surface area contributed by atoms with E-state index in [-0.39, 0.29) is 0 Å². The summed E-state index contributed by atoms with van der Waals surface area (Å²) >= 11 is 5.50. The quantitative estimate of drug-likeness (QED) is 0.609. The number of rotatable bonds is 6. The van der Waals surface area contributed by atoms with Crippen LogP contribution in [0.1, 0.15) is 11.1 Å². The molecule has 0 bridgehead atoms. The van der Waals surface area contributed by atoms with Crippen LogP contribution in [0.25, 0.3) is 0 Å². The Balaban J connectivity index is 1.69. The Morgan fingerprint density at radius 3 is 2.63 bits per heavy atom. The Morgan fingerprint density at radius 1 is 1.11 bits per heavy atom. The van der Waals surface area contributed by atoms with Gasteiger partial charge in [-0.05, 0) is 36.2 Å². The molecule has 0 saturated heterocycles. The maximum absolute atomic E-state index is 3.61. The van der Waals surface area contributed by atoms with E-state index in [1.165, 1.54) is 20.5 Å². The van der Waals surface area contributed by atoms with E-state index < -0.39 is 0 Å². The number of benzene rings is 2. The molecule has 3 heteroatoms. The van der Waals surface area contributed by atoms with Crippen LogP contribution in [-0.4, -0.2) is 12.3 Å². The Bertz CT molecular complexity index is 513. The van der Waals surface area contributed by atoms with Gasteiger partial charge in [0.05, 0.1) is 0 Å². The fourth-order valence-electron chi connectivity index (χ4n) is 1.78. The molecule has 0 atom stereocenters. The van der Waals surface area contributed by atoms with E-state index in [1.807, 2.05) is 11.8 Å². The van der Waals surface area contributed by atoms with Crippen LogP contribution in [0, 0.1) is 6.92 Å². The summed E-state index contributed by atoms with van der Waals surface area (Å²) in [4.78, 5) is 1.33. The molecule has 0 aliphatic rings. The number of hydrogen-bond acceptors (Lipinski definition) is 2. The van der Waals surface area contributed by atoms with E-state index in [0.29, 0.717) is 0 Å². The van der Waals surface area contributed by atoms with Crippen molar-refractivity contribution in [3.63, 3.8) is 0 Å². The van der Waals surface area contributed by atoms with Gasteiger partial charge in [0.1, 0.15) is 0 Å². The molecule has 0 aliphatic carbocycles. The van der Waals surface area contributed by atoms with Gasteiger partial charge in [0, 0.05) is 28.2 Å². The molecule has 0 fully saturated rings. The summed E-state index contributed by atoms with van der Waals surface area (Å²) in [6.07, 6.45) is 0. The molecule has 0 amide bonds. The molecule has 2 aromatic carbocycles. The van der Waals surface area contributed by atoms with Crippen molar-refractivity contribution in [3.8, 4) is 0 Å². The van der Waals surface area contributed by atoms with Crippen molar-refractivity contribution in [3.05, 3.63) is 64.1 Å².